The second-order valence-corrected chi connectivity index (χ2v) is 10.3. The summed E-state index contributed by atoms with van der Waals surface area (Å²) in [5.74, 6) is 1.33. The van der Waals surface area contributed by atoms with E-state index >= 15 is 0 Å². The van der Waals surface area contributed by atoms with Crippen molar-refractivity contribution in [1.29, 1.82) is 0 Å². The molecule has 168 valence electrons. The normalized spacial score (nSPS) is 37.1. The molecule has 0 aromatic carbocycles. The number of alkyl halides is 2. The Balaban J connectivity index is 1.36. The van der Waals surface area contributed by atoms with E-state index in [1.165, 1.54) is 64.2 Å². The molecule has 0 radical (unpaired) electrons. The van der Waals surface area contributed by atoms with Crippen molar-refractivity contribution in [3.63, 3.8) is 0 Å². The molecule has 0 amide bonds. The third kappa shape index (κ3) is 6.28. The van der Waals surface area contributed by atoms with Gasteiger partial charge < -0.3 is 4.74 Å². The Bertz CT molecular complexity index is 475. The number of allylic oxidation sites excluding steroid dienone is 1. The Morgan fingerprint density at radius 3 is 2.00 bits per heavy atom. The maximum absolute atomic E-state index is 14.3. The van der Waals surface area contributed by atoms with Gasteiger partial charge in [0.1, 0.15) is 0 Å². The summed E-state index contributed by atoms with van der Waals surface area (Å²) in [6.45, 7) is 6.15. The third-order valence-electron chi connectivity index (χ3n) is 8.26. The van der Waals surface area contributed by atoms with Crippen LogP contribution in [0.4, 0.5) is 8.78 Å². The molecule has 3 aliphatic rings. The van der Waals surface area contributed by atoms with Crippen LogP contribution in [0.5, 0.6) is 0 Å². The Kier molecular flexibility index (Phi) is 9.02. The summed E-state index contributed by atoms with van der Waals surface area (Å²) in [4.78, 5) is 0. The zero-order valence-electron chi connectivity index (χ0n) is 18.7. The van der Waals surface area contributed by atoms with Crippen molar-refractivity contribution in [1.82, 2.24) is 0 Å². The van der Waals surface area contributed by atoms with Gasteiger partial charge in [-0.1, -0.05) is 77.2 Å². The van der Waals surface area contributed by atoms with Gasteiger partial charge in [-0.15, -0.1) is 6.58 Å². The van der Waals surface area contributed by atoms with Crippen molar-refractivity contribution < 1.29 is 13.5 Å². The van der Waals surface area contributed by atoms with Crippen LogP contribution >= 0.6 is 0 Å². The highest BCUT2D eigenvalue weighted by Gasteiger charge is 2.62. The molecular weight excluding hydrogens is 366 g/mol. The lowest BCUT2D eigenvalue weighted by Crippen LogP contribution is -2.61. The molecule has 3 heteroatoms. The fraction of sp³-hybridized carbons (Fsp3) is 0.923. The minimum Gasteiger partial charge on any atom is -0.316 e. The zero-order valence-corrected chi connectivity index (χ0v) is 18.7. The van der Waals surface area contributed by atoms with E-state index in [4.69, 9.17) is 4.74 Å². The number of halogens is 2. The van der Waals surface area contributed by atoms with E-state index in [0.29, 0.717) is 11.8 Å². The first-order chi connectivity index (χ1) is 14.0. The first-order valence-electron chi connectivity index (χ1n) is 12.7. The van der Waals surface area contributed by atoms with Crippen LogP contribution in [-0.4, -0.2) is 12.2 Å². The van der Waals surface area contributed by atoms with E-state index in [-0.39, 0.29) is 12.0 Å². The van der Waals surface area contributed by atoms with Gasteiger partial charge >= 0.3 is 6.11 Å². The van der Waals surface area contributed by atoms with Crippen LogP contribution < -0.4 is 0 Å². The summed E-state index contributed by atoms with van der Waals surface area (Å²) in [5, 5.41) is 0. The summed E-state index contributed by atoms with van der Waals surface area (Å²) in [5.41, 5.74) is 0. The van der Waals surface area contributed by atoms with Crippen molar-refractivity contribution in [2.45, 2.75) is 122 Å². The Labute approximate surface area is 178 Å². The van der Waals surface area contributed by atoms with E-state index in [1.54, 1.807) is 0 Å². The zero-order chi connectivity index (χ0) is 20.7. The highest BCUT2D eigenvalue weighted by molar-refractivity contribution is 4.99. The van der Waals surface area contributed by atoms with Crippen LogP contribution in [0, 0.1) is 29.6 Å². The lowest BCUT2D eigenvalue weighted by atomic mass is 9.66. The predicted octanol–water partition coefficient (Wildman–Crippen LogP) is 8.53. The molecule has 2 aliphatic carbocycles. The lowest BCUT2D eigenvalue weighted by molar-refractivity contribution is -0.418. The van der Waals surface area contributed by atoms with Crippen molar-refractivity contribution in [3.05, 3.63) is 12.7 Å². The number of rotatable bonds is 11. The molecule has 2 saturated carbocycles. The van der Waals surface area contributed by atoms with Crippen LogP contribution in [0.1, 0.15) is 110 Å². The maximum Gasteiger partial charge on any atom is 0.361 e. The molecule has 2 atom stereocenters. The summed E-state index contributed by atoms with van der Waals surface area (Å²) in [6, 6.07) is 0. The molecule has 1 aliphatic heterocycles. The first kappa shape index (κ1) is 23.2. The fourth-order valence-electron chi connectivity index (χ4n) is 6.32. The van der Waals surface area contributed by atoms with E-state index in [0.717, 1.165) is 44.4 Å². The SMILES string of the molecule is C=C[C@H]1CC[C@H]([C@H]2[C@H](C3CCC(CCCCCCCCC)CC3)OC2(F)F)CC1. The van der Waals surface area contributed by atoms with Gasteiger partial charge in [0, 0.05) is 0 Å². The molecule has 1 saturated heterocycles. The number of hydrogen-bond donors (Lipinski definition) is 0. The predicted molar refractivity (Wildman–Crippen MR) is 117 cm³/mol. The third-order valence-corrected chi connectivity index (χ3v) is 8.26. The molecule has 0 unspecified atom stereocenters. The van der Waals surface area contributed by atoms with Crippen molar-refractivity contribution in [2.75, 3.05) is 0 Å². The Hall–Kier alpha value is -0.440. The first-order valence-corrected chi connectivity index (χ1v) is 12.7. The van der Waals surface area contributed by atoms with Gasteiger partial charge in [0.05, 0.1) is 12.0 Å². The van der Waals surface area contributed by atoms with E-state index < -0.39 is 12.0 Å². The molecule has 1 heterocycles. The highest BCUT2D eigenvalue weighted by Crippen LogP contribution is 2.55. The number of ether oxygens (including phenoxy) is 1. The van der Waals surface area contributed by atoms with E-state index in [9.17, 15) is 8.78 Å². The average Bonchev–Trinajstić information content (AvgIpc) is 2.73. The lowest BCUT2D eigenvalue weighted by Gasteiger charge is -2.53. The summed E-state index contributed by atoms with van der Waals surface area (Å²) < 4.78 is 33.9. The number of hydrogen-bond acceptors (Lipinski definition) is 1. The van der Waals surface area contributed by atoms with Gasteiger partial charge in [0.2, 0.25) is 0 Å². The minimum atomic E-state index is -2.88. The highest BCUT2D eigenvalue weighted by atomic mass is 19.3. The Morgan fingerprint density at radius 1 is 0.828 bits per heavy atom. The quantitative estimate of drug-likeness (QED) is 0.245. The van der Waals surface area contributed by atoms with Gasteiger partial charge in [-0.05, 0) is 62.2 Å². The largest absolute Gasteiger partial charge is 0.361 e. The molecule has 29 heavy (non-hydrogen) atoms. The molecule has 0 spiro atoms. The van der Waals surface area contributed by atoms with E-state index in [1.807, 2.05) is 6.08 Å². The van der Waals surface area contributed by atoms with Gasteiger partial charge in [-0.25, -0.2) is 0 Å². The molecule has 3 rings (SSSR count). The molecule has 0 aromatic rings. The van der Waals surface area contributed by atoms with Crippen LogP contribution in [-0.2, 0) is 4.74 Å². The second-order valence-electron chi connectivity index (χ2n) is 10.3. The number of unbranched alkanes of at least 4 members (excludes halogenated alkanes) is 6. The van der Waals surface area contributed by atoms with E-state index in [2.05, 4.69) is 13.5 Å². The summed E-state index contributed by atoms with van der Waals surface area (Å²) in [7, 11) is 0. The molecule has 0 bridgehead atoms. The smallest absolute Gasteiger partial charge is 0.316 e. The standard InChI is InChI=1S/C26H44F2O/c1-3-5-6-7-8-9-10-11-21-14-18-23(19-15-21)25-24(26(27,28)29-25)22-16-12-20(4-2)13-17-22/h4,20-25H,2-3,5-19H2,1H3/t20-,21?,22-,23?,24-,25-/m0/s1. The molecule has 3 fully saturated rings. The average molecular weight is 411 g/mol. The van der Waals surface area contributed by atoms with Crippen molar-refractivity contribution in [2.24, 2.45) is 29.6 Å². The molecule has 0 aromatic heterocycles. The fourth-order valence-corrected chi connectivity index (χ4v) is 6.32. The van der Waals surface area contributed by atoms with Crippen LogP contribution in [0.2, 0.25) is 0 Å². The van der Waals surface area contributed by atoms with Crippen molar-refractivity contribution >= 4 is 0 Å². The molecule has 1 nitrogen and oxygen atoms in total. The van der Waals surface area contributed by atoms with Gasteiger partial charge in [0.25, 0.3) is 0 Å². The summed E-state index contributed by atoms with van der Waals surface area (Å²) in [6.07, 6.45) is 18.4. The monoisotopic (exact) mass is 410 g/mol. The molecule has 0 N–H and O–H groups in total. The van der Waals surface area contributed by atoms with Gasteiger partial charge in [-0.2, -0.15) is 8.78 Å². The topological polar surface area (TPSA) is 9.23 Å². The van der Waals surface area contributed by atoms with Crippen LogP contribution in [0.3, 0.4) is 0 Å². The minimum absolute atomic E-state index is 0.144. The van der Waals surface area contributed by atoms with Gasteiger partial charge in [0.15, 0.2) is 0 Å². The van der Waals surface area contributed by atoms with Crippen LogP contribution in [0.25, 0.3) is 0 Å². The second kappa shape index (κ2) is 11.3. The Morgan fingerprint density at radius 2 is 1.41 bits per heavy atom. The maximum atomic E-state index is 14.3. The van der Waals surface area contributed by atoms with Crippen LogP contribution in [0.15, 0.2) is 12.7 Å². The van der Waals surface area contributed by atoms with Gasteiger partial charge in [-0.3, -0.25) is 0 Å². The molecular formula is C26H44F2O. The van der Waals surface area contributed by atoms with Crippen molar-refractivity contribution in [3.8, 4) is 0 Å². The summed E-state index contributed by atoms with van der Waals surface area (Å²) >= 11 is 0.